The monoisotopic (exact) mass is 527 g/mol. The highest BCUT2D eigenvalue weighted by molar-refractivity contribution is 5.69. The van der Waals surface area contributed by atoms with Gasteiger partial charge in [0.2, 0.25) is 6.29 Å². The van der Waals surface area contributed by atoms with Crippen LogP contribution in [0.5, 0.6) is 5.75 Å². The van der Waals surface area contributed by atoms with E-state index in [-0.39, 0.29) is 24.5 Å². The van der Waals surface area contributed by atoms with Gasteiger partial charge < -0.3 is 34.0 Å². The molecule has 0 bridgehead atoms. The molecule has 0 spiro atoms. The predicted octanol–water partition coefficient (Wildman–Crippen LogP) is 2.54. The van der Waals surface area contributed by atoms with Gasteiger partial charge in [-0.1, -0.05) is 32.1 Å². The second-order valence-corrected chi connectivity index (χ2v) is 10.7. The maximum absolute atomic E-state index is 12.1. The molecule has 0 aromatic heterocycles. The molecule has 1 aromatic carbocycles. The third kappa shape index (κ3) is 11.3. The number of non-ortho nitro benzene ring substituents is 1. The molecule has 5 atom stereocenters. The van der Waals surface area contributed by atoms with Gasteiger partial charge in [0.25, 0.3) is 5.69 Å². The zero-order valence-corrected chi connectivity index (χ0v) is 22.2. The van der Waals surface area contributed by atoms with Gasteiger partial charge in [-0.25, -0.2) is 0 Å². The van der Waals surface area contributed by atoms with E-state index in [2.05, 4.69) is 21.1 Å². The molecule has 3 N–H and O–H groups in total. The summed E-state index contributed by atoms with van der Waals surface area (Å²) in [7, 11) is 6.62. The minimum absolute atomic E-state index is 0.135. The Hall–Kier alpha value is -2.31. The summed E-state index contributed by atoms with van der Waals surface area (Å²) in [6.07, 6.45) is 1.93. The first-order valence-corrected chi connectivity index (χ1v) is 13.0. The van der Waals surface area contributed by atoms with Crippen LogP contribution in [0.15, 0.2) is 24.3 Å². The highest BCUT2D eigenvalue weighted by atomic mass is 16.7. The molecule has 2 rings (SSSR count). The van der Waals surface area contributed by atoms with Gasteiger partial charge in [0.1, 0.15) is 36.8 Å². The van der Waals surface area contributed by atoms with Gasteiger partial charge >= 0.3 is 5.97 Å². The number of unbranched alkanes of at least 4 members (excludes halogenated alkanes) is 7. The lowest BCUT2D eigenvalue weighted by Crippen LogP contribution is -2.60. The number of benzene rings is 1. The highest BCUT2D eigenvalue weighted by Crippen LogP contribution is 2.26. The number of esters is 1. The van der Waals surface area contributed by atoms with Gasteiger partial charge in [-0.15, -0.1) is 0 Å². The summed E-state index contributed by atoms with van der Waals surface area (Å²) in [5.41, 5.74) is -0.135. The van der Waals surface area contributed by atoms with E-state index >= 15 is 0 Å². The summed E-state index contributed by atoms with van der Waals surface area (Å²) < 4.78 is 17.3. The SMILES string of the molecule is C[N+](C)(C)CCCCCCCCCCC(=O)OC[C@H]1O[C@@H](Oc2ccc([N+](=O)[O-])cc2)[C@H](O)[C@@H](O)[C@H]1O. The molecule has 0 aliphatic carbocycles. The number of quaternary nitrogens is 1. The third-order valence-electron chi connectivity index (χ3n) is 6.34. The van der Waals surface area contributed by atoms with E-state index in [4.69, 9.17) is 14.2 Å². The van der Waals surface area contributed by atoms with E-state index in [0.717, 1.165) is 23.7 Å². The normalized spacial score (nSPS) is 24.0. The number of hydrogen-bond acceptors (Lipinski definition) is 9. The quantitative estimate of drug-likeness (QED) is 0.0969. The van der Waals surface area contributed by atoms with Crippen LogP contribution in [0.4, 0.5) is 5.69 Å². The lowest BCUT2D eigenvalue weighted by Gasteiger charge is -2.39. The van der Waals surface area contributed by atoms with Crippen molar-refractivity contribution in [1.82, 2.24) is 0 Å². The molecule has 210 valence electrons. The standard InChI is InChI=1S/C26H43N2O9/c1-28(2,3)17-11-9-7-5-4-6-8-10-12-22(29)35-18-21-23(30)24(31)25(32)26(37-21)36-20-15-13-19(14-16-20)27(33)34/h13-16,21,23-26,30-32H,4-12,17-18H2,1-3H3/q+1/t21-,23+,24+,25-,26-/m1/s1. The average Bonchev–Trinajstić information content (AvgIpc) is 2.84. The minimum Gasteiger partial charge on any atom is -0.463 e. The highest BCUT2D eigenvalue weighted by Gasteiger charge is 2.45. The summed E-state index contributed by atoms with van der Waals surface area (Å²) >= 11 is 0. The fourth-order valence-corrected chi connectivity index (χ4v) is 4.10. The molecule has 0 saturated carbocycles. The summed E-state index contributed by atoms with van der Waals surface area (Å²) in [5, 5.41) is 41.4. The van der Waals surface area contributed by atoms with Gasteiger partial charge in [0.15, 0.2) is 0 Å². The van der Waals surface area contributed by atoms with Crippen molar-refractivity contribution in [1.29, 1.82) is 0 Å². The van der Waals surface area contributed by atoms with E-state index < -0.39 is 41.6 Å². The van der Waals surface area contributed by atoms with E-state index in [9.17, 15) is 30.2 Å². The number of nitrogens with zero attached hydrogens (tertiary/aromatic N) is 2. The summed E-state index contributed by atoms with van der Waals surface area (Å²) in [4.78, 5) is 22.3. The van der Waals surface area contributed by atoms with Crippen molar-refractivity contribution in [3.05, 3.63) is 34.4 Å². The summed E-state index contributed by atoms with van der Waals surface area (Å²) in [5.74, 6) is -0.261. The summed E-state index contributed by atoms with van der Waals surface area (Å²) in [6.45, 7) is 0.884. The average molecular weight is 528 g/mol. The van der Waals surface area contributed by atoms with Crippen molar-refractivity contribution in [3.8, 4) is 5.75 Å². The van der Waals surface area contributed by atoms with Crippen LogP contribution in [0.1, 0.15) is 57.8 Å². The van der Waals surface area contributed by atoms with Gasteiger partial charge in [0.05, 0.1) is 32.6 Å². The van der Waals surface area contributed by atoms with Crippen LogP contribution in [0.25, 0.3) is 0 Å². The number of aliphatic hydroxyl groups excluding tert-OH is 3. The number of carbonyl (C=O) groups is 1. The van der Waals surface area contributed by atoms with E-state index in [1.54, 1.807) is 0 Å². The van der Waals surface area contributed by atoms with Crippen molar-refractivity contribution < 1.29 is 43.7 Å². The van der Waals surface area contributed by atoms with Crippen LogP contribution in [0.3, 0.4) is 0 Å². The topological polar surface area (TPSA) is 149 Å². The van der Waals surface area contributed by atoms with Crippen LogP contribution in [0, 0.1) is 10.1 Å². The van der Waals surface area contributed by atoms with Crippen molar-refractivity contribution in [3.63, 3.8) is 0 Å². The second kappa shape index (κ2) is 15.2. The molecule has 11 heteroatoms. The van der Waals surface area contributed by atoms with Crippen LogP contribution >= 0.6 is 0 Å². The van der Waals surface area contributed by atoms with E-state index in [1.165, 1.54) is 56.5 Å². The Balaban J connectivity index is 1.65. The molecule has 1 aliphatic rings. The van der Waals surface area contributed by atoms with Crippen LogP contribution in [-0.4, -0.2) is 95.7 Å². The number of nitro benzene ring substituents is 1. The maximum atomic E-state index is 12.1. The predicted molar refractivity (Wildman–Crippen MR) is 136 cm³/mol. The fraction of sp³-hybridized carbons (Fsp3) is 0.731. The molecular formula is C26H43N2O9+. The lowest BCUT2D eigenvalue weighted by molar-refractivity contribution is -0.870. The number of hydrogen-bond donors (Lipinski definition) is 3. The maximum Gasteiger partial charge on any atom is 0.305 e. The van der Waals surface area contributed by atoms with Crippen molar-refractivity contribution in [2.45, 2.75) is 88.5 Å². The molecular weight excluding hydrogens is 484 g/mol. The minimum atomic E-state index is -1.59. The molecule has 0 amide bonds. The largest absolute Gasteiger partial charge is 0.463 e. The zero-order valence-electron chi connectivity index (χ0n) is 22.2. The smallest absolute Gasteiger partial charge is 0.305 e. The van der Waals surface area contributed by atoms with Crippen molar-refractivity contribution >= 4 is 11.7 Å². The zero-order chi connectivity index (χ0) is 27.4. The first-order valence-electron chi connectivity index (χ1n) is 13.0. The first-order chi connectivity index (χ1) is 17.5. The van der Waals surface area contributed by atoms with Crippen LogP contribution < -0.4 is 4.74 Å². The Labute approximate surface area is 218 Å². The van der Waals surface area contributed by atoms with Gasteiger partial charge in [-0.2, -0.15) is 0 Å². The number of rotatable bonds is 16. The summed E-state index contributed by atoms with van der Waals surface area (Å²) in [6, 6.07) is 5.10. The Bertz CT molecular complexity index is 828. The molecule has 1 saturated heterocycles. The van der Waals surface area contributed by atoms with E-state index in [1.807, 2.05) is 0 Å². The van der Waals surface area contributed by atoms with Gasteiger partial charge in [0, 0.05) is 18.6 Å². The number of carbonyl (C=O) groups excluding carboxylic acids is 1. The van der Waals surface area contributed by atoms with Crippen molar-refractivity contribution in [2.75, 3.05) is 34.3 Å². The Morgan fingerprint density at radius 2 is 1.49 bits per heavy atom. The lowest BCUT2D eigenvalue weighted by atomic mass is 9.99. The first kappa shape index (κ1) is 30.9. The Kier molecular flexibility index (Phi) is 12.7. The van der Waals surface area contributed by atoms with Gasteiger partial charge in [-0.3, -0.25) is 14.9 Å². The molecule has 1 heterocycles. The van der Waals surface area contributed by atoms with E-state index in [0.29, 0.717) is 6.42 Å². The number of aliphatic hydroxyl groups is 3. The van der Waals surface area contributed by atoms with Crippen molar-refractivity contribution in [2.24, 2.45) is 0 Å². The molecule has 1 aliphatic heterocycles. The number of ether oxygens (including phenoxy) is 3. The van der Waals surface area contributed by atoms with Crippen LogP contribution in [0.2, 0.25) is 0 Å². The van der Waals surface area contributed by atoms with Crippen LogP contribution in [-0.2, 0) is 14.3 Å². The fourth-order valence-electron chi connectivity index (χ4n) is 4.10. The molecule has 1 aromatic rings. The third-order valence-corrected chi connectivity index (χ3v) is 6.34. The molecule has 1 fully saturated rings. The molecule has 11 nitrogen and oxygen atoms in total. The molecule has 37 heavy (non-hydrogen) atoms. The van der Waals surface area contributed by atoms with Gasteiger partial charge in [-0.05, 0) is 31.4 Å². The molecule has 0 unspecified atom stereocenters. The second-order valence-electron chi connectivity index (χ2n) is 10.7. The Morgan fingerprint density at radius 1 is 0.919 bits per heavy atom. The number of nitro groups is 1. The Morgan fingerprint density at radius 3 is 2.05 bits per heavy atom. The molecule has 0 radical (unpaired) electrons.